The summed E-state index contributed by atoms with van der Waals surface area (Å²) in [5.41, 5.74) is 0.449. The Morgan fingerprint density at radius 3 is 2.72 bits per heavy atom. The highest BCUT2D eigenvalue weighted by molar-refractivity contribution is 6.05. The van der Waals surface area contributed by atoms with Gasteiger partial charge in [0.2, 0.25) is 0 Å². The van der Waals surface area contributed by atoms with Crippen LogP contribution in [-0.2, 0) is 0 Å². The van der Waals surface area contributed by atoms with Crippen LogP contribution in [0.1, 0.15) is 23.3 Å². The molecule has 3 aromatic rings. The number of ether oxygens (including phenoxy) is 2. The lowest BCUT2D eigenvalue weighted by Gasteiger charge is -2.22. The molecule has 2 heterocycles. The van der Waals surface area contributed by atoms with Crippen molar-refractivity contribution < 1.29 is 19.4 Å². The highest BCUT2D eigenvalue weighted by Crippen LogP contribution is 2.25. The molecule has 6 heteroatoms. The molecule has 6 nitrogen and oxygen atoms in total. The molecule has 29 heavy (non-hydrogen) atoms. The van der Waals surface area contributed by atoms with Crippen LogP contribution in [0.5, 0.6) is 11.5 Å². The Morgan fingerprint density at radius 2 is 1.86 bits per heavy atom. The number of amides is 1. The highest BCUT2D eigenvalue weighted by Gasteiger charge is 2.29. The summed E-state index contributed by atoms with van der Waals surface area (Å²) in [6.07, 6.45) is 1.61. The summed E-state index contributed by atoms with van der Waals surface area (Å²) in [6, 6.07) is 17.0. The van der Waals surface area contributed by atoms with Gasteiger partial charge >= 0.3 is 0 Å². The monoisotopic (exact) mass is 392 g/mol. The largest absolute Gasteiger partial charge is 0.497 e. The molecule has 4 rings (SSSR count). The second-order valence-corrected chi connectivity index (χ2v) is 7.15. The van der Waals surface area contributed by atoms with Crippen molar-refractivity contribution in [3.05, 3.63) is 66.5 Å². The van der Waals surface area contributed by atoms with Crippen molar-refractivity contribution in [1.29, 1.82) is 0 Å². The number of carbonyl (C=O) groups excluding carboxylic acids is 1. The Labute approximate surface area is 169 Å². The van der Waals surface area contributed by atoms with Crippen molar-refractivity contribution in [2.24, 2.45) is 0 Å². The van der Waals surface area contributed by atoms with Gasteiger partial charge in [-0.05, 0) is 30.0 Å². The number of methoxy groups -OCH3 is 1. The summed E-state index contributed by atoms with van der Waals surface area (Å²) < 4.78 is 11.2. The molecule has 2 aromatic carbocycles. The van der Waals surface area contributed by atoms with E-state index in [2.05, 4.69) is 4.98 Å². The Kier molecular flexibility index (Phi) is 5.62. The van der Waals surface area contributed by atoms with E-state index < -0.39 is 6.10 Å². The van der Waals surface area contributed by atoms with E-state index in [9.17, 15) is 9.90 Å². The molecule has 0 bridgehead atoms. The standard InChI is InChI=1S/C23H24N2O4/c1-28-17-6-4-7-18(15-17)29-21-11-14-25(13-10-20(21)26)23(27)22-19-8-3-2-5-16(19)9-12-24-22/h2-9,12,15,20-21,26H,10-11,13-14H2,1H3/t20-,21-/m0/s1. The van der Waals surface area contributed by atoms with E-state index in [1.165, 1.54) is 0 Å². The topological polar surface area (TPSA) is 71.9 Å². The van der Waals surface area contributed by atoms with Crippen LogP contribution in [-0.4, -0.2) is 53.3 Å². The van der Waals surface area contributed by atoms with Crippen LogP contribution in [0.15, 0.2) is 60.8 Å². The van der Waals surface area contributed by atoms with Crippen molar-refractivity contribution in [3.8, 4) is 11.5 Å². The van der Waals surface area contributed by atoms with Crippen molar-refractivity contribution >= 4 is 16.7 Å². The summed E-state index contributed by atoms with van der Waals surface area (Å²) in [5.74, 6) is 1.23. The first-order valence-corrected chi connectivity index (χ1v) is 9.77. The average molecular weight is 392 g/mol. The van der Waals surface area contributed by atoms with Gasteiger partial charge in [0.05, 0.1) is 13.2 Å². The number of likely N-dealkylation sites (tertiary alicyclic amines) is 1. The molecule has 1 aliphatic heterocycles. The number of rotatable bonds is 4. The van der Waals surface area contributed by atoms with E-state index >= 15 is 0 Å². The first kappa shape index (κ1) is 19.2. The number of hydrogen-bond acceptors (Lipinski definition) is 5. The third kappa shape index (κ3) is 4.17. The van der Waals surface area contributed by atoms with Gasteiger partial charge in [0.25, 0.3) is 5.91 Å². The molecule has 1 aromatic heterocycles. The predicted molar refractivity (Wildman–Crippen MR) is 110 cm³/mol. The van der Waals surface area contributed by atoms with E-state index in [1.807, 2.05) is 48.5 Å². The molecule has 1 fully saturated rings. The van der Waals surface area contributed by atoms with Crippen LogP contribution < -0.4 is 9.47 Å². The molecule has 0 unspecified atom stereocenters. The first-order chi connectivity index (χ1) is 14.2. The normalized spacial score (nSPS) is 19.6. The zero-order valence-corrected chi connectivity index (χ0v) is 16.3. The van der Waals surface area contributed by atoms with E-state index in [1.54, 1.807) is 24.3 Å². The van der Waals surface area contributed by atoms with E-state index in [4.69, 9.17) is 9.47 Å². The maximum Gasteiger partial charge on any atom is 0.273 e. The SMILES string of the molecule is COc1cccc(O[C@H]2CCN(C(=O)c3nccc4ccccc34)CC[C@@H]2O)c1. The number of benzene rings is 2. The molecule has 0 aliphatic carbocycles. The lowest BCUT2D eigenvalue weighted by molar-refractivity contribution is 0.0349. The van der Waals surface area contributed by atoms with Gasteiger partial charge < -0.3 is 19.5 Å². The minimum atomic E-state index is -0.653. The molecule has 1 saturated heterocycles. The number of pyridine rings is 1. The molecule has 0 radical (unpaired) electrons. The third-order valence-corrected chi connectivity index (χ3v) is 5.30. The van der Waals surface area contributed by atoms with Crippen molar-refractivity contribution in [2.45, 2.75) is 25.0 Å². The molecule has 2 atom stereocenters. The predicted octanol–water partition coefficient (Wildman–Crippen LogP) is 3.29. The van der Waals surface area contributed by atoms with Crippen LogP contribution >= 0.6 is 0 Å². The van der Waals surface area contributed by atoms with Gasteiger partial charge in [-0.2, -0.15) is 0 Å². The summed E-state index contributed by atoms with van der Waals surface area (Å²) in [7, 11) is 1.60. The zero-order chi connectivity index (χ0) is 20.2. The minimum absolute atomic E-state index is 0.115. The zero-order valence-electron chi connectivity index (χ0n) is 16.3. The van der Waals surface area contributed by atoms with Gasteiger partial charge in [0.1, 0.15) is 23.3 Å². The van der Waals surface area contributed by atoms with Crippen molar-refractivity contribution in [2.75, 3.05) is 20.2 Å². The quantitative estimate of drug-likeness (QED) is 0.738. The number of fused-ring (bicyclic) bond motifs is 1. The molecule has 0 spiro atoms. The number of hydrogen-bond donors (Lipinski definition) is 1. The van der Waals surface area contributed by atoms with Gasteiger partial charge in [-0.25, -0.2) is 0 Å². The van der Waals surface area contributed by atoms with Gasteiger partial charge in [-0.3, -0.25) is 9.78 Å². The number of aromatic nitrogens is 1. The maximum atomic E-state index is 13.1. The van der Waals surface area contributed by atoms with E-state index in [0.717, 1.165) is 10.8 Å². The molecule has 150 valence electrons. The Morgan fingerprint density at radius 1 is 1.07 bits per heavy atom. The van der Waals surface area contributed by atoms with Crippen molar-refractivity contribution in [1.82, 2.24) is 9.88 Å². The molecule has 1 aliphatic rings. The fourth-order valence-electron chi connectivity index (χ4n) is 3.69. The second kappa shape index (κ2) is 8.49. The second-order valence-electron chi connectivity index (χ2n) is 7.15. The number of carbonyl (C=O) groups is 1. The summed E-state index contributed by atoms with van der Waals surface area (Å²) in [6.45, 7) is 0.957. The van der Waals surface area contributed by atoms with Gasteiger partial charge in [-0.15, -0.1) is 0 Å². The molecular weight excluding hydrogens is 368 g/mol. The Balaban J connectivity index is 1.49. The Bertz CT molecular complexity index is 1000. The van der Waals surface area contributed by atoms with Crippen LogP contribution in [0.3, 0.4) is 0 Å². The van der Waals surface area contributed by atoms with Crippen LogP contribution in [0.25, 0.3) is 10.8 Å². The average Bonchev–Trinajstić information content (AvgIpc) is 2.95. The third-order valence-electron chi connectivity index (χ3n) is 5.30. The van der Waals surface area contributed by atoms with Crippen LogP contribution in [0.2, 0.25) is 0 Å². The fourth-order valence-corrected chi connectivity index (χ4v) is 3.69. The number of aliphatic hydroxyl groups is 1. The Hall–Kier alpha value is -3.12. The highest BCUT2D eigenvalue weighted by atomic mass is 16.5. The summed E-state index contributed by atoms with van der Waals surface area (Å²) in [5, 5.41) is 12.4. The van der Waals surface area contributed by atoms with Gasteiger partial charge in [0, 0.05) is 37.2 Å². The molecule has 1 amide bonds. The molecule has 1 N–H and O–H groups in total. The first-order valence-electron chi connectivity index (χ1n) is 9.77. The smallest absolute Gasteiger partial charge is 0.273 e. The van der Waals surface area contributed by atoms with Gasteiger partial charge in [0.15, 0.2) is 0 Å². The minimum Gasteiger partial charge on any atom is -0.497 e. The van der Waals surface area contributed by atoms with E-state index in [-0.39, 0.29) is 12.0 Å². The summed E-state index contributed by atoms with van der Waals surface area (Å²) >= 11 is 0. The summed E-state index contributed by atoms with van der Waals surface area (Å²) in [4.78, 5) is 19.2. The fraction of sp³-hybridized carbons (Fsp3) is 0.304. The van der Waals surface area contributed by atoms with E-state index in [0.29, 0.717) is 43.1 Å². The molecule has 0 saturated carbocycles. The lowest BCUT2D eigenvalue weighted by atomic mass is 10.1. The number of nitrogens with zero attached hydrogens (tertiary/aromatic N) is 2. The van der Waals surface area contributed by atoms with Crippen molar-refractivity contribution in [3.63, 3.8) is 0 Å². The lowest BCUT2D eigenvalue weighted by Crippen LogP contribution is -2.33. The molecular formula is C23H24N2O4. The van der Waals surface area contributed by atoms with Crippen LogP contribution in [0.4, 0.5) is 0 Å². The number of aliphatic hydroxyl groups excluding tert-OH is 1. The van der Waals surface area contributed by atoms with Crippen LogP contribution in [0, 0.1) is 0 Å². The van der Waals surface area contributed by atoms with Gasteiger partial charge in [-0.1, -0.05) is 30.3 Å². The maximum absolute atomic E-state index is 13.1.